The van der Waals surface area contributed by atoms with Crippen molar-refractivity contribution in [3.05, 3.63) is 61.9 Å². The highest BCUT2D eigenvalue weighted by atomic mass is 32.1. The van der Waals surface area contributed by atoms with Crippen molar-refractivity contribution in [2.45, 2.75) is 19.4 Å². The third-order valence-electron chi connectivity index (χ3n) is 5.37. The summed E-state index contributed by atoms with van der Waals surface area (Å²) in [7, 11) is 2.94. The predicted octanol–water partition coefficient (Wildman–Crippen LogP) is 1.29. The quantitative estimate of drug-likeness (QED) is 0.536. The fourth-order valence-corrected chi connectivity index (χ4v) is 4.82. The van der Waals surface area contributed by atoms with Gasteiger partial charge in [-0.05, 0) is 18.4 Å². The second-order valence-corrected chi connectivity index (χ2v) is 8.33. The summed E-state index contributed by atoms with van der Waals surface area (Å²) < 4.78 is 3.75. The van der Waals surface area contributed by atoms with Crippen molar-refractivity contribution >= 4 is 33.5 Å². The summed E-state index contributed by atoms with van der Waals surface area (Å²) in [6.45, 7) is -0.106. The fraction of sp³-hybridized carbons (Fsp3) is 0.250. The van der Waals surface area contributed by atoms with Crippen LogP contribution in [-0.2, 0) is 38.3 Å². The summed E-state index contributed by atoms with van der Waals surface area (Å²) in [6.07, 6.45) is 3.26. The maximum atomic E-state index is 12.7. The number of amides is 1. The number of carbonyl (C=O) groups is 1. The zero-order valence-electron chi connectivity index (χ0n) is 16.4. The summed E-state index contributed by atoms with van der Waals surface area (Å²) in [5.41, 5.74) is 2.81. The van der Waals surface area contributed by atoms with Gasteiger partial charge in [-0.2, -0.15) is 0 Å². The van der Waals surface area contributed by atoms with Gasteiger partial charge in [0.2, 0.25) is 5.91 Å². The lowest BCUT2D eigenvalue weighted by molar-refractivity contribution is -0.116. The Balaban J connectivity index is 1.43. The summed E-state index contributed by atoms with van der Waals surface area (Å²) in [5.74, 6) is -0.315. The Labute approximate surface area is 174 Å². The zero-order chi connectivity index (χ0) is 21.0. The van der Waals surface area contributed by atoms with Gasteiger partial charge in [0, 0.05) is 24.5 Å². The lowest BCUT2D eigenvalue weighted by Crippen LogP contribution is -2.37. The SMILES string of the molecule is Cn1c(=O)c2c(ncn2CC(=O)Nc2nc3c(s2)CCc2ccccc2-3)n(C)c1=O. The van der Waals surface area contributed by atoms with Crippen LogP contribution >= 0.6 is 11.3 Å². The van der Waals surface area contributed by atoms with E-state index in [0.29, 0.717) is 5.13 Å². The Bertz CT molecular complexity index is 1440. The number of rotatable bonds is 3. The molecule has 1 N–H and O–H groups in total. The van der Waals surface area contributed by atoms with E-state index in [1.54, 1.807) is 7.05 Å². The lowest BCUT2D eigenvalue weighted by Gasteiger charge is -2.13. The van der Waals surface area contributed by atoms with Crippen molar-refractivity contribution in [2.75, 3.05) is 5.32 Å². The highest BCUT2D eigenvalue weighted by Gasteiger charge is 2.22. The van der Waals surface area contributed by atoms with Gasteiger partial charge in [-0.1, -0.05) is 24.3 Å². The van der Waals surface area contributed by atoms with Crippen molar-refractivity contribution in [1.29, 1.82) is 0 Å². The van der Waals surface area contributed by atoms with Crippen molar-refractivity contribution in [2.24, 2.45) is 14.1 Å². The van der Waals surface area contributed by atoms with E-state index < -0.39 is 11.2 Å². The first-order valence-electron chi connectivity index (χ1n) is 9.42. The van der Waals surface area contributed by atoms with Gasteiger partial charge >= 0.3 is 5.69 Å². The van der Waals surface area contributed by atoms with E-state index in [4.69, 9.17) is 0 Å². The zero-order valence-corrected chi connectivity index (χ0v) is 17.2. The molecule has 3 heterocycles. The minimum Gasteiger partial charge on any atom is -0.315 e. The molecule has 1 aromatic carbocycles. The van der Waals surface area contributed by atoms with Gasteiger partial charge in [0.1, 0.15) is 6.54 Å². The molecule has 0 saturated carbocycles. The van der Waals surface area contributed by atoms with Crippen molar-refractivity contribution < 1.29 is 4.79 Å². The van der Waals surface area contributed by atoms with E-state index in [9.17, 15) is 14.4 Å². The van der Waals surface area contributed by atoms with Crippen LogP contribution in [0.2, 0.25) is 0 Å². The number of hydrogen-bond acceptors (Lipinski definition) is 6. The van der Waals surface area contributed by atoms with Crippen molar-refractivity contribution in [1.82, 2.24) is 23.7 Å². The molecule has 0 fully saturated rings. The number of fused-ring (bicyclic) bond motifs is 4. The van der Waals surface area contributed by atoms with Gasteiger partial charge in [0.25, 0.3) is 5.56 Å². The summed E-state index contributed by atoms with van der Waals surface area (Å²) >= 11 is 1.47. The van der Waals surface area contributed by atoms with Crippen LogP contribution in [0.15, 0.2) is 40.2 Å². The number of anilines is 1. The van der Waals surface area contributed by atoms with Gasteiger partial charge in [-0.25, -0.2) is 14.8 Å². The van der Waals surface area contributed by atoms with E-state index >= 15 is 0 Å². The number of aryl methyl sites for hydroxylation is 3. The third kappa shape index (κ3) is 2.79. The second-order valence-electron chi connectivity index (χ2n) is 7.25. The van der Waals surface area contributed by atoms with Crippen LogP contribution in [0.3, 0.4) is 0 Å². The average molecular weight is 422 g/mol. The maximum absolute atomic E-state index is 12.7. The van der Waals surface area contributed by atoms with Gasteiger partial charge in [-0.15, -0.1) is 11.3 Å². The normalized spacial score (nSPS) is 12.6. The molecule has 0 saturated heterocycles. The smallest absolute Gasteiger partial charge is 0.315 e. The highest BCUT2D eigenvalue weighted by Crippen LogP contribution is 2.37. The first-order valence-corrected chi connectivity index (χ1v) is 10.2. The number of hydrogen-bond donors (Lipinski definition) is 1. The number of imidazole rings is 1. The number of carbonyl (C=O) groups excluding carboxylic acids is 1. The molecule has 10 heteroatoms. The Morgan fingerprint density at radius 1 is 1.17 bits per heavy atom. The number of nitrogens with one attached hydrogen (secondary N) is 1. The van der Waals surface area contributed by atoms with Crippen molar-refractivity contribution in [3.8, 4) is 11.3 Å². The van der Waals surface area contributed by atoms with E-state index in [2.05, 4.69) is 27.4 Å². The predicted molar refractivity (Wildman–Crippen MR) is 114 cm³/mol. The molecule has 1 aliphatic rings. The molecule has 1 aliphatic carbocycles. The van der Waals surface area contributed by atoms with E-state index in [-0.39, 0.29) is 23.6 Å². The minimum atomic E-state index is -0.486. The average Bonchev–Trinajstić information content (AvgIpc) is 3.34. The number of benzene rings is 1. The van der Waals surface area contributed by atoms with Crippen LogP contribution in [0.4, 0.5) is 5.13 Å². The first-order chi connectivity index (χ1) is 14.4. The summed E-state index contributed by atoms with van der Waals surface area (Å²) in [6, 6.07) is 8.17. The van der Waals surface area contributed by atoms with Crippen LogP contribution in [0.25, 0.3) is 22.4 Å². The molecule has 0 atom stereocenters. The fourth-order valence-electron chi connectivity index (χ4n) is 3.83. The first kappa shape index (κ1) is 18.5. The number of nitrogens with zero attached hydrogens (tertiary/aromatic N) is 5. The maximum Gasteiger partial charge on any atom is 0.332 e. The molecule has 0 spiro atoms. The molecular weight excluding hydrogens is 404 g/mol. The van der Waals surface area contributed by atoms with Crippen molar-refractivity contribution in [3.63, 3.8) is 0 Å². The molecule has 3 aromatic heterocycles. The molecule has 152 valence electrons. The Kier molecular flexibility index (Phi) is 4.17. The van der Waals surface area contributed by atoms with Gasteiger partial charge < -0.3 is 9.88 Å². The Morgan fingerprint density at radius 3 is 2.80 bits per heavy atom. The van der Waals surface area contributed by atoms with Gasteiger partial charge in [-0.3, -0.25) is 18.7 Å². The monoisotopic (exact) mass is 422 g/mol. The second kappa shape index (κ2) is 6.77. The molecular formula is C20H18N6O3S. The van der Waals surface area contributed by atoms with E-state index in [0.717, 1.165) is 33.5 Å². The molecule has 0 aliphatic heterocycles. The lowest BCUT2D eigenvalue weighted by atomic mass is 9.94. The summed E-state index contributed by atoms with van der Waals surface area (Å²) in [4.78, 5) is 47.2. The topological polar surface area (TPSA) is 104 Å². The van der Waals surface area contributed by atoms with Crippen LogP contribution in [0.1, 0.15) is 10.4 Å². The standard InChI is InChI=1S/C20H18N6O3S/c1-24-17-16(18(28)25(2)20(24)29)26(10-21-17)9-14(27)22-19-23-15-12-6-4-3-5-11(12)7-8-13(15)30-19/h3-6,10H,7-9H2,1-2H3,(H,22,23,27). The molecule has 4 aromatic rings. The number of aromatic nitrogens is 5. The molecule has 30 heavy (non-hydrogen) atoms. The molecule has 0 bridgehead atoms. The van der Waals surface area contributed by atoms with Crippen LogP contribution < -0.4 is 16.6 Å². The van der Waals surface area contributed by atoms with Gasteiger partial charge in [0.05, 0.1) is 12.0 Å². The third-order valence-corrected chi connectivity index (χ3v) is 6.40. The number of thiazole rings is 1. The van der Waals surface area contributed by atoms with Crippen LogP contribution in [-0.4, -0.2) is 29.6 Å². The molecule has 1 amide bonds. The molecule has 9 nitrogen and oxygen atoms in total. The van der Waals surface area contributed by atoms with Crippen LogP contribution in [0.5, 0.6) is 0 Å². The van der Waals surface area contributed by atoms with Crippen LogP contribution in [0, 0.1) is 0 Å². The van der Waals surface area contributed by atoms with E-state index in [1.807, 2.05) is 12.1 Å². The van der Waals surface area contributed by atoms with Gasteiger partial charge in [0.15, 0.2) is 16.3 Å². The Hall–Kier alpha value is -3.53. The highest BCUT2D eigenvalue weighted by molar-refractivity contribution is 7.16. The largest absolute Gasteiger partial charge is 0.332 e. The molecule has 0 radical (unpaired) electrons. The molecule has 5 rings (SSSR count). The Morgan fingerprint density at radius 2 is 1.97 bits per heavy atom. The van der Waals surface area contributed by atoms with E-state index in [1.165, 1.54) is 39.4 Å². The summed E-state index contributed by atoms with van der Waals surface area (Å²) in [5, 5.41) is 3.37. The minimum absolute atomic E-state index is 0.106. The molecule has 0 unspecified atom stereocenters.